The van der Waals surface area contributed by atoms with Gasteiger partial charge in [0.2, 0.25) is 0 Å². The molecule has 1 fully saturated rings. The second kappa shape index (κ2) is 9.44. The summed E-state index contributed by atoms with van der Waals surface area (Å²) in [5.74, 6) is -0.547. The Kier molecular flexibility index (Phi) is 6.61. The molecule has 0 spiro atoms. The van der Waals surface area contributed by atoms with Gasteiger partial charge in [0, 0.05) is 54.3 Å². The largest absolute Gasteiger partial charge is 0.417 e. The minimum Gasteiger partial charge on any atom is -0.377 e. The predicted molar refractivity (Wildman–Crippen MR) is 130 cm³/mol. The van der Waals surface area contributed by atoms with Gasteiger partial charge in [-0.25, -0.2) is 14.2 Å². The first-order valence-corrected chi connectivity index (χ1v) is 12.5. The number of hydrogen-bond donors (Lipinski definition) is 1. The van der Waals surface area contributed by atoms with Crippen LogP contribution in [0.2, 0.25) is 0 Å². The van der Waals surface area contributed by atoms with Crippen LogP contribution in [0, 0.1) is 5.82 Å². The molecule has 4 atom stereocenters. The van der Waals surface area contributed by atoms with Crippen LogP contribution in [0.1, 0.15) is 19.4 Å². The number of ether oxygens (including phenoxy) is 1. The molecule has 0 saturated carbocycles. The lowest BCUT2D eigenvalue weighted by atomic mass is 9.97. The topological polar surface area (TPSA) is 59.4 Å². The molecule has 0 bridgehead atoms. The van der Waals surface area contributed by atoms with Crippen molar-refractivity contribution in [2.75, 3.05) is 20.2 Å². The molecule has 3 aromatic rings. The zero-order valence-corrected chi connectivity index (χ0v) is 20.8. The van der Waals surface area contributed by atoms with E-state index in [2.05, 4.69) is 29.0 Å². The summed E-state index contributed by atoms with van der Waals surface area (Å²) in [5, 5.41) is 3.32. The predicted octanol–water partition coefficient (Wildman–Crippen LogP) is 4.35. The number of aromatic nitrogens is 2. The molecule has 1 aromatic heterocycles. The van der Waals surface area contributed by atoms with Gasteiger partial charge in [-0.05, 0) is 37.6 Å². The second-order valence-corrected chi connectivity index (χ2v) is 10.6. The Morgan fingerprint density at radius 3 is 2.39 bits per heavy atom. The highest BCUT2D eigenvalue weighted by Gasteiger charge is 2.41. The summed E-state index contributed by atoms with van der Waals surface area (Å²) in [7, 11) is 1.55. The number of methoxy groups -OCH3 is 1. The summed E-state index contributed by atoms with van der Waals surface area (Å²) < 4.78 is 64.3. The molecular weight excluding hydrogens is 496 g/mol. The van der Waals surface area contributed by atoms with Crippen LogP contribution >= 0.6 is 11.8 Å². The molecule has 5 rings (SSSR count). The van der Waals surface area contributed by atoms with Gasteiger partial charge in [0.25, 0.3) is 0 Å². The third-order valence-corrected chi connectivity index (χ3v) is 8.18. The average Bonchev–Trinajstić information content (AvgIpc) is 2.99. The molecule has 1 N–H and O–H groups in total. The zero-order valence-electron chi connectivity index (χ0n) is 20.0. The highest BCUT2D eigenvalue weighted by molar-refractivity contribution is 8.00. The summed E-state index contributed by atoms with van der Waals surface area (Å²) in [5.41, 5.74) is -0.877. The Labute approximate surface area is 209 Å². The van der Waals surface area contributed by atoms with Crippen LogP contribution in [0.3, 0.4) is 0 Å². The Balaban J connectivity index is 1.81. The van der Waals surface area contributed by atoms with E-state index in [0.717, 1.165) is 18.2 Å². The van der Waals surface area contributed by atoms with Crippen LogP contribution in [0.15, 0.2) is 46.2 Å². The summed E-state index contributed by atoms with van der Waals surface area (Å²) in [6.45, 7) is 5.59. The molecule has 2 aliphatic rings. The molecule has 1 saturated heterocycles. The molecule has 0 aliphatic carbocycles. The fraction of sp³-hybridized carbons (Fsp3) is 0.440. The van der Waals surface area contributed by atoms with Gasteiger partial charge in [-0.15, -0.1) is 11.8 Å². The minimum absolute atomic E-state index is 0.0719. The van der Waals surface area contributed by atoms with Gasteiger partial charge in [-0.1, -0.05) is 12.1 Å². The molecule has 36 heavy (non-hydrogen) atoms. The van der Waals surface area contributed by atoms with Crippen molar-refractivity contribution in [3.8, 4) is 11.1 Å². The number of benzene rings is 2. The summed E-state index contributed by atoms with van der Waals surface area (Å²) in [4.78, 5) is 19.3. The van der Waals surface area contributed by atoms with Crippen molar-refractivity contribution in [2.45, 2.75) is 55.0 Å². The Morgan fingerprint density at radius 2 is 1.78 bits per heavy atom. The van der Waals surface area contributed by atoms with E-state index in [1.165, 1.54) is 34.7 Å². The highest BCUT2D eigenvalue weighted by atomic mass is 32.2. The van der Waals surface area contributed by atoms with Crippen LogP contribution < -0.4 is 11.0 Å². The van der Waals surface area contributed by atoms with Gasteiger partial charge in [-0.3, -0.25) is 9.47 Å². The normalized spacial score (nSPS) is 25.2. The van der Waals surface area contributed by atoms with E-state index in [1.54, 1.807) is 7.11 Å². The first-order chi connectivity index (χ1) is 17.1. The van der Waals surface area contributed by atoms with Crippen LogP contribution in [0.5, 0.6) is 0 Å². The molecule has 2 aliphatic heterocycles. The lowest BCUT2D eigenvalue weighted by Gasteiger charge is -2.42. The lowest BCUT2D eigenvalue weighted by molar-refractivity contribution is -0.137. The van der Waals surface area contributed by atoms with E-state index in [0.29, 0.717) is 23.5 Å². The van der Waals surface area contributed by atoms with E-state index in [4.69, 9.17) is 4.74 Å². The average molecular weight is 523 g/mol. The summed E-state index contributed by atoms with van der Waals surface area (Å²) >= 11 is 1.27. The van der Waals surface area contributed by atoms with Gasteiger partial charge in [0.05, 0.1) is 23.0 Å². The summed E-state index contributed by atoms with van der Waals surface area (Å²) in [6, 6.07) is 6.33. The molecule has 11 heteroatoms. The third kappa shape index (κ3) is 4.53. The fourth-order valence-corrected chi connectivity index (χ4v) is 6.89. The van der Waals surface area contributed by atoms with Crippen molar-refractivity contribution in [3.05, 3.63) is 58.4 Å². The zero-order chi connectivity index (χ0) is 25.8. The number of hydrogen-bond acceptors (Lipinski definition) is 6. The number of piperazine rings is 1. The van der Waals surface area contributed by atoms with E-state index in [1.807, 2.05) is 0 Å². The molecule has 192 valence electrons. The molecular formula is C25H26F4N4O2S. The number of nitrogens with zero attached hydrogens (tertiary/aromatic N) is 3. The molecule has 3 heterocycles. The smallest absolute Gasteiger partial charge is 0.377 e. The molecule has 6 nitrogen and oxygen atoms in total. The summed E-state index contributed by atoms with van der Waals surface area (Å²) in [6.07, 6.45) is -3.98. The lowest BCUT2D eigenvalue weighted by Crippen LogP contribution is -2.59. The SMILES string of the molecule is COC1Cn2c(=O)ncc3cc(C(F)(F)F)c(-c4ccc(F)cc4)c(c32)SC1N1CC(C)NC(C)C1. The van der Waals surface area contributed by atoms with Crippen molar-refractivity contribution in [3.63, 3.8) is 0 Å². The fourth-order valence-electron chi connectivity index (χ4n) is 5.29. The van der Waals surface area contributed by atoms with Crippen LogP contribution in [0.4, 0.5) is 17.6 Å². The maximum absolute atomic E-state index is 14.4. The Morgan fingerprint density at radius 1 is 1.11 bits per heavy atom. The van der Waals surface area contributed by atoms with Crippen LogP contribution in [-0.4, -0.2) is 58.2 Å². The van der Waals surface area contributed by atoms with E-state index >= 15 is 0 Å². The maximum atomic E-state index is 14.4. The minimum atomic E-state index is -4.68. The molecule has 4 unspecified atom stereocenters. The van der Waals surface area contributed by atoms with Gasteiger partial charge >= 0.3 is 11.9 Å². The standard InChI is InChI=1S/C25H26F4N4O2S/c1-13-10-32(11-14(2)31-13)23-19(35-3)12-33-21-16(9-30-24(33)34)8-18(25(27,28)29)20(22(21)36-23)15-4-6-17(26)7-5-15/h4-9,13-14,19,23,31H,10-12H2,1-3H3. The van der Waals surface area contributed by atoms with Gasteiger partial charge in [0.1, 0.15) is 11.9 Å². The van der Waals surface area contributed by atoms with E-state index < -0.39 is 29.4 Å². The van der Waals surface area contributed by atoms with Crippen molar-refractivity contribution in [1.29, 1.82) is 0 Å². The molecule has 2 aromatic carbocycles. The van der Waals surface area contributed by atoms with E-state index in [-0.39, 0.29) is 40.5 Å². The number of rotatable bonds is 3. The number of halogens is 4. The van der Waals surface area contributed by atoms with Crippen molar-refractivity contribution in [2.24, 2.45) is 0 Å². The number of alkyl halides is 3. The number of thioether (sulfide) groups is 1. The highest BCUT2D eigenvalue weighted by Crippen LogP contribution is 2.49. The Hall–Kier alpha value is -2.47. The van der Waals surface area contributed by atoms with Crippen molar-refractivity contribution in [1.82, 2.24) is 19.8 Å². The quantitative estimate of drug-likeness (QED) is 0.517. The molecule has 0 amide bonds. The first kappa shape index (κ1) is 25.2. The molecule has 0 radical (unpaired) electrons. The van der Waals surface area contributed by atoms with Crippen molar-refractivity contribution >= 4 is 22.7 Å². The maximum Gasteiger partial charge on any atom is 0.417 e. The van der Waals surface area contributed by atoms with Gasteiger partial charge in [-0.2, -0.15) is 13.2 Å². The first-order valence-electron chi connectivity index (χ1n) is 11.7. The van der Waals surface area contributed by atoms with Crippen LogP contribution in [0.25, 0.3) is 22.0 Å². The monoisotopic (exact) mass is 522 g/mol. The van der Waals surface area contributed by atoms with E-state index in [9.17, 15) is 22.4 Å². The van der Waals surface area contributed by atoms with Gasteiger partial charge in [0.15, 0.2) is 0 Å². The van der Waals surface area contributed by atoms with Crippen molar-refractivity contribution < 1.29 is 22.3 Å². The third-order valence-electron chi connectivity index (χ3n) is 6.71. The second-order valence-electron chi connectivity index (χ2n) is 9.43. The van der Waals surface area contributed by atoms with Crippen LogP contribution in [-0.2, 0) is 17.5 Å². The Bertz CT molecular complexity index is 1340. The van der Waals surface area contributed by atoms with Gasteiger partial charge < -0.3 is 10.1 Å². The number of nitrogens with one attached hydrogen (secondary N) is 1.